The van der Waals surface area contributed by atoms with Crippen molar-refractivity contribution >= 4 is 0 Å². The first-order valence-corrected chi connectivity index (χ1v) is 4.56. The minimum Gasteiger partial charge on any atom is -0.100 e. The Labute approximate surface area is 90.0 Å². The molecule has 0 saturated heterocycles. The van der Waals surface area contributed by atoms with Crippen molar-refractivity contribution in [2.45, 2.75) is 27.7 Å². The molecule has 0 saturated carbocycles. The summed E-state index contributed by atoms with van der Waals surface area (Å²) in [4.78, 5) is 0. The van der Waals surface area contributed by atoms with E-state index in [1.807, 2.05) is 39.8 Å². The van der Waals surface area contributed by atoms with Crippen LogP contribution in [0.25, 0.3) is 0 Å². The number of hydrogen-bond donors (Lipinski definition) is 0. The first kappa shape index (κ1) is 18.5. The minimum absolute atomic E-state index is 1.02. The molecule has 0 heteroatoms. The minimum atomic E-state index is 1.02. The Kier molecular flexibility index (Phi) is 23.4. The lowest BCUT2D eigenvalue weighted by Gasteiger charge is -1.71. The summed E-state index contributed by atoms with van der Waals surface area (Å²) in [6.45, 7) is 21.8. The lowest BCUT2D eigenvalue weighted by Crippen LogP contribution is -1.50. The van der Waals surface area contributed by atoms with Crippen LogP contribution in [-0.4, -0.2) is 0 Å². The second-order valence-electron chi connectivity index (χ2n) is 3.02. The van der Waals surface area contributed by atoms with Crippen LogP contribution in [0, 0.1) is 0 Å². The molecule has 80 valence electrons. The van der Waals surface area contributed by atoms with Crippen molar-refractivity contribution in [3.05, 3.63) is 61.8 Å². The fraction of sp³-hybridized carbons (Fsp3) is 0.286. The van der Waals surface area contributed by atoms with Crippen LogP contribution in [0.4, 0.5) is 0 Å². The average Bonchev–Trinajstić information content (AvgIpc) is 2.06. The highest BCUT2D eigenvalue weighted by Gasteiger charge is 1.59. The summed E-state index contributed by atoms with van der Waals surface area (Å²) < 4.78 is 0. The summed E-state index contributed by atoms with van der Waals surface area (Å²) in [5.41, 5.74) is 2.19. The Bertz CT molecular complexity index is 188. The molecule has 14 heavy (non-hydrogen) atoms. The van der Waals surface area contributed by atoms with Gasteiger partial charge in [-0.2, -0.15) is 0 Å². The molecule has 0 radical (unpaired) electrons. The van der Waals surface area contributed by atoms with Crippen molar-refractivity contribution < 1.29 is 0 Å². The number of allylic oxidation sites excluding steroid dienone is 6. The van der Waals surface area contributed by atoms with E-state index in [2.05, 4.69) is 26.3 Å². The standard InChI is InChI=1S/2C5H8.C4H8/c1-4-5(2)3;1-3-5-4-2;1-4(2)3/h4H,1-2H2,3H3;3-5H,1H2,2H3;1H2,2-3H3. The molecule has 0 aromatic rings. The highest BCUT2D eigenvalue weighted by molar-refractivity contribution is 5.05. The molecule has 0 spiro atoms. The molecule has 0 nitrogen and oxygen atoms in total. The van der Waals surface area contributed by atoms with Gasteiger partial charge < -0.3 is 0 Å². The van der Waals surface area contributed by atoms with Crippen LogP contribution < -0.4 is 0 Å². The molecule has 0 aromatic heterocycles. The smallest absolute Gasteiger partial charge is 0.0404 e. The van der Waals surface area contributed by atoms with Gasteiger partial charge in [0.2, 0.25) is 0 Å². The van der Waals surface area contributed by atoms with Gasteiger partial charge in [0.05, 0.1) is 0 Å². The highest BCUT2D eigenvalue weighted by atomic mass is 13.7. The van der Waals surface area contributed by atoms with E-state index in [1.165, 1.54) is 5.57 Å². The van der Waals surface area contributed by atoms with Gasteiger partial charge in [0.15, 0.2) is 0 Å². The van der Waals surface area contributed by atoms with Gasteiger partial charge in [0.25, 0.3) is 0 Å². The van der Waals surface area contributed by atoms with E-state index in [0.717, 1.165) is 5.57 Å². The quantitative estimate of drug-likeness (QED) is 0.423. The second-order valence-corrected chi connectivity index (χ2v) is 3.02. The van der Waals surface area contributed by atoms with Gasteiger partial charge in [-0.25, -0.2) is 0 Å². The molecule has 0 atom stereocenters. The van der Waals surface area contributed by atoms with Gasteiger partial charge in [-0.05, 0) is 27.7 Å². The lowest BCUT2D eigenvalue weighted by atomic mass is 10.4. The zero-order valence-corrected chi connectivity index (χ0v) is 10.1. The number of hydrogen-bond acceptors (Lipinski definition) is 0. The monoisotopic (exact) mass is 192 g/mol. The van der Waals surface area contributed by atoms with Gasteiger partial charge in [-0.15, -0.1) is 6.58 Å². The van der Waals surface area contributed by atoms with E-state index in [4.69, 9.17) is 0 Å². The van der Waals surface area contributed by atoms with Crippen LogP contribution in [0.15, 0.2) is 61.8 Å². The molecule has 0 aliphatic heterocycles. The zero-order valence-electron chi connectivity index (χ0n) is 10.1. The summed E-state index contributed by atoms with van der Waals surface area (Å²) in [5, 5.41) is 0. The molecule has 0 amide bonds. The molecule has 0 bridgehead atoms. The summed E-state index contributed by atoms with van der Waals surface area (Å²) in [5.74, 6) is 0. The normalized spacial score (nSPS) is 7.43. The van der Waals surface area contributed by atoms with Crippen molar-refractivity contribution in [3.63, 3.8) is 0 Å². The van der Waals surface area contributed by atoms with E-state index < -0.39 is 0 Å². The van der Waals surface area contributed by atoms with Crippen LogP contribution in [0.5, 0.6) is 0 Å². The van der Waals surface area contributed by atoms with Gasteiger partial charge in [-0.3, -0.25) is 0 Å². The van der Waals surface area contributed by atoms with Crippen LogP contribution in [0.1, 0.15) is 27.7 Å². The Morgan fingerprint density at radius 2 is 1.29 bits per heavy atom. The first-order chi connectivity index (χ1) is 6.42. The van der Waals surface area contributed by atoms with E-state index in [-0.39, 0.29) is 0 Å². The molecular weight excluding hydrogens is 168 g/mol. The molecule has 0 aliphatic rings. The number of rotatable bonds is 2. The summed E-state index contributed by atoms with van der Waals surface area (Å²) >= 11 is 0. The zero-order chi connectivity index (χ0) is 12.0. The van der Waals surface area contributed by atoms with Crippen LogP contribution >= 0.6 is 0 Å². The third-order valence-corrected chi connectivity index (χ3v) is 0.677. The Balaban J connectivity index is -0.000000131. The lowest BCUT2D eigenvalue weighted by molar-refractivity contribution is 1.42. The topological polar surface area (TPSA) is 0 Å². The predicted octanol–water partition coefficient (Wildman–Crippen LogP) is 5.08. The molecule has 0 fully saturated rings. The van der Waals surface area contributed by atoms with Crippen molar-refractivity contribution in [1.82, 2.24) is 0 Å². The fourth-order valence-electron chi connectivity index (χ4n) is 0.136. The van der Waals surface area contributed by atoms with Gasteiger partial charge in [0, 0.05) is 0 Å². The molecule has 0 aliphatic carbocycles. The predicted molar refractivity (Wildman–Crippen MR) is 70.5 cm³/mol. The molecule has 0 aromatic carbocycles. The third kappa shape index (κ3) is 138. The van der Waals surface area contributed by atoms with Crippen LogP contribution in [-0.2, 0) is 0 Å². The summed E-state index contributed by atoms with van der Waals surface area (Å²) in [6, 6.07) is 0. The Hall–Kier alpha value is -1.30. The Morgan fingerprint density at radius 1 is 1.00 bits per heavy atom. The van der Waals surface area contributed by atoms with Crippen LogP contribution in [0.2, 0.25) is 0 Å². The van der Waals surface area contributed by atoms with Crippen molar-refractivity contribution in [2.24, 2.45) is 0 Å². The van der Waals surface area contributed by atoms with E-state index in [9.17, 15) is 0 Å². The van der Waals surface area contributed by atoms with Gasteiger partial charge in [0.1, 0.15) is 0 Å². The average molecular weight is 192 g/mol. The maximum absolute atomic E-state index is 3.56. The van der Waals surface area contributed by atoms with Gasteiger partial charge in [-0.1, -0.05) is 55.2 Å². The molecule has 0 heterocycles. The Morgan fingerprint density at radius 3 is 1.29 bits per heavy atom. The van der Waals surface area contributed by atoms with Crippen molar-refractivity contribution in [3.8, 4) is 0 Å². The molecule has 0 rings (SSSR count). The summed E-state index contributed by atoms with van der Waals surface area (Å²) in [6.07, 6.45) is 7.30. The van der Waals surface area contributed by atoms with Crippen molar-refractivity contribution in [1.29, 1.82) is 0 Å². The van der Waals surface area contributed by atoms with Gasteiger partial charge >= 0.3 is 0 Å². The molecule has 0 N–H and O–H groups in total. The summed E-state index contributed by atoms with van der Waals surface area (Å²) in [7, 11) is 0. The maximum Gasteiger partial charge on any atom is -0.0404 e. The maximum atomic E-state index is 3.56. The van der Waals surface area contributed by atoms with E-state index >= 15 is 0 Å². The van der Waals surface area contributed by atoms with E-state index in [1.54, 1.807) is 12.2 Å². The highest BCUT2D eigenvalue weighted by Crippen LogP contribution is 1.81. The molecular formula is C14H24. The van der Waals surface area contributed by atoms with E-state index in [0.29, 0.717) is 0 Å². The first-order valence-electron chi connectivity index (χ1n) is 4.56. The fourth-order valence-corrected chi connectivity index (χ4v) is 0.136. The SMILES string of the molecule is C=C(C)C.C=CC(=C)C.C=CC=CC. The second kappa shape index (κ2) is 17.7. The van der Waals surface area contributed by atoms with Crippen LogP contribution in [0.3, 0.4) is 0 Å². The van der Waals surface area contributed by atoms with Crippen molar-refractivity contribution in [2.75, 3.05) is 0 Å². The molecule has 0 unspecified atom stereocenters. The third-order valence-electron chi connectivity index (χ3n) is 0.677. The largest absolute Gasteiger partial charge is 0.100 e.